The number of ether oxygens (including phenoxy) is 2. The van der Waals surface area contributed by atoms with Crippen molar-refractivity contribution in [2.75, 3.05) is 20.8 Å². The van der Waals surface area contributed by atoms with E-state index in [-0.39, 0.29) is 5.56 Å². The van der Waals surface area contributed by atoms with Crippen LogP contribution in [0, 0.1) is 12.8 Å². The topological polar surface area (TPSA) is 56.1 Å². The molecule has 154 valence electrons. The van der Waals surface area contributed by atoms with Crippen molar-refractivity contribution in [3.63, 3.8) is 0 Å². The lowest BCUT2D eigenvalue weighted by Crippen LogP contribution is -2.28. The number of aromatic nitrogens is 2. The van der Waals surface area contributed by atoms with Gasteiger partial charge in [-0.3, -0.25) is 14.1 Å². The average Bonchev–Trinajstić information content (AvgIpc) is 2.66. The summed E-state index contributed by atoms with van der Waals surface area (Å²) in [6, 6.07) is 11.4. The van der Waals surface area contributed by atoms with E-state index in [0.717, 1.165) is 29.9 Å². The van der Waals surface area contributed by atoms with Gasteiger partial charge in [0.05, 0.1) is 19.9 Å². The van der Waals surface area contributed by atoms with Crippen molar-refractivity contribution in [3.8, 4) is 11.5 Å². The van der Waals surface area contributed by atoms with Crippen LogP contribution in [0.5, 0.6) is 11.5 Å². The predicted molar refractivity (Wildman–Crippen MR) is 115 cm³/mol. The second-order valence-corrected chi connectivity index (χ2v) is 7.77. The van der Waals surface area contributed by atoms with E-state index >= 15 is 0 Å². The Labute approximate surface area is 171 Å². The van der Waals surface area contributed by atoms with Crippen LogP contribution < -0.4 is 15.0 Å². The van der Waals surface area contributed by atoms with Gasteiger partial charge in [-0.2, -0.15) is 0 Å². The summed E-state index contributed by atoms with van der Waals surface area (Å²) in [4.78, 5) is 19.5. The van der Waals surface area contributed by atoms with E-state index in [9.17, 15) is 4.79 Å². The molecule has 0 spiro atoms. The summed E-state index contributed by atoms with van der Waals surface area (Å²) in [6.07, 6.45) is 1.78. The lowest BCUT2D eigenvalue weighted by Gasteiger charge is -2.24. The van der Waals surface area contributed by atoms with E-state index in [1.165, 1.54) is 0 Å². The molecular weight excluding hydrogens is 366 g/mol. The first-order chi connectivity index (χ1) is 13.9. The van der Waals surface area contributed by atoms with Gasteiger partial charge in [0.15, 0.2) is 11.5 Å². The fourth-order valence-electron chi connectivity index (χ4n) is 3.50. The predicted octanol–water partition coefficient (Wildman–Crippen LogP) is 3.68. The summed E-state index contributed by atoms with van der Waals surface area (Å²) in [6.45, 7) is 8.60. The molecular formula is C23H29N3O3. The molecule has 0 saturated carbocycles. The van der Waals surface area contributed by atoms with Crippen LogP contribution in [0.1, 0.15) is 30.7 Å². The summed E-state index contributed by atoms with van der Waals surface area (Å²) in [5.41, 5.74) is 3.61. The molecule has 0 aliphatic carbocycles. The van der Waals surface area contributed by atoms with Crippen LogP contribution in [0.15, 0.2) is 47.4 Å². The highest BCUT2D eigenvalue weighted by molar-refractivity contribution is 5.43. The Balaban J connectivity index is 1.88. The minimum atomic E-state index is -0.0550. The average molecular weight is 396 g/mol. The fraction of sp³-hybridized carbons (Fsp3) is 0.391. The fourth-order valence-corrected chi connectivity index (χ4v) is 3.50. The van der Waals surface area contributed by atoms with Crippen LogP contribution in [-0.2, 0) is 13.1 Å². The van der Waals surface area contributed by atoms with Gasteiger partial charge < -0.3 is 9.47 Å². The molecule has 0 saturated heterocycles. The van der Waals surface area contributed by atoms with Gasteiger partial charge in [0.1, 0.15) is 5.65 Å². The summed E-state index contributed by atoms with van der Waals surface area (Å²) in [5.74, 6) is 1.91. The summed E-state index contributed by atoms with van der Waals surface area (Å²) in [5, 5.41) is 0. The monoisotopic (exact) mass is 395 g/mol. The van der Waals surface area contributed by atoms with Crippen molar-refractivity contribution >= 4 is 5.65 Å². The molecule has 0 fully saturated rings. The summed E-state index contributed by atoms with van der Waals surface area (Å²) >= 11 is 0. The molecule has 0 aliphatic heterocycles. The Kier molecular flexibility index (Phi) is 6.54. The number of hydrogen-bond acceptors (Lipinski definition) is 5. The van der Waals surface area contributed by atoms with Crippen LogP contribution in [0.2, 0.25) is 0 Å². The third-order valence-corrected chi connectivity index (χ3v) is 4.74. The first kappa shape index (κ1) is 20.9. The van der Waals surface area contributed by atoms with E-state index in [1.807, 2.05) is 37.3 Å². The van der Waals surface area contributed by atoms with Crippen molar-refractivity contribution in [1.82, 2.24) is 14.3 Å². The van der Waals surface area contributed by atoms with Gasteiger partial charge in [0.25, 0.3) is 5.56 Å². The minimum Gasteiger partial charge on any atom is -0.493 e. The van der Waals surface area contributed by atoms with E-state index < -0.39 is 0 Å². The van der Waals surface area contributed by atoms with Crippen LogP contribution in [0.3, 0.4) is 0 Å². The summed E-state index contributed by atoms with van der Waals surface area (Å²) < 4.78 is 12.3. The van der Waals surface area contributed by atoms with Crippen molar-refractivity contribution in [2.45, 2.75) is 33.9 Å². The van der Waals surface area contributed by atoms with E-state index in [2.05, 4.69) is 18.7 Å². The number of fused-ring (bicyclic) bond motifs is 1. The number of benzene rings is 1. The maximum absolute atomic E-state index is 12.5. The van der Waals surface area contributed by atoms with E-state index in [1.54, 1.807) is 30.9 Å². The Bertz CT molecular complexity index is 1040. The quantitative estimate of drug-likeness (QED) is 0.582. The number of hydrogen-bond donors (Lipinski definition) is 0. The van der Waals surface area contributed by atoms with Crippen LogP contribution >= 0.6 is 0 Å². The highest BCUT2D eigenvalue weighted by atomic mass is 16.5. The number of aryl methyl sites for hydroxylation is 1. The molecule has 0 bridgehead atoms. The highest BCUT2D eigenvalue weighted by Crippen LogP contribution is 2.28. The van der Waals surface area contributed by atoms with Gasteiger partial charge in [-0.1, -0.05) is 19.9 Å². The van der Waals surface area contributed by atoms with Crippen LogP contribution in [-0.4, -0.2) is 35.0 Å². The molecule has 3 rings (SSSR count). The largest absolute Gasteiger partial charge is 0.493 e. The maximum atomic E-state index is 12.5. The highest BCUT2D eigenvalue weighted by Gasteiger charge is 2.13. The molecule has 3 aromatic rings. The summed E-state index contributed by atoms with van der Waals surface area (Å²) in [7, 11) is 3.27. The zero-order valence-electron chi connectivity index (χ0n) is 17.8. The molecule has 0 N–H and O–H groups in total. The van der Waals surface area contributed by atoms with Crippen molar-refractivity contribution in [3.05, 3.63) is 69.8 Å². The number of pyridine rings is 1. The zero-order chi connectivity index (χ0) is 21.0. The van der Waals surface area contributed by atoms with Crippen molar-refractivity contribution in [2.24, 2.45) is 5.92 Å². The van der Waals surface area contributed by atoms with Crippen LogP contribution in [0.25, 0.3) is 5.65 Å². The smallest absolute Gasteiger partial charge is 0.258 e. The van der Waals surface area contributed by atoms with Gasteiger partial charge in [-0.05, 0) is 48.2 Å². The maximum Gasteiger partial charge on any atom is 0.258 e. The van der Waals surface area contributed by atoms with Gasteiger partial charge in [0.2, 0.25) is 0 Å². The first-order valence-corrected chi connectivity index (χ1v) is 9.81. The Hall–Kier alpha value is -2.86. The Morgan fingerprint density at radius 3 is 2.48 bits per heavy atom. The lowest BCUT2D eigenvalue weighted by atomic mass is 10.1. The SMILES string of the molecule is COc1ccc(CN(Cc2cc(=O)n3ccc(C)cc3n2)CC(C)C)cc1OC. The minimum absolute atomic E-state index is 0.0550. The third kappa shape index (κ3) is 5.15. The van der Waals surface area contributed by atoms with Gasteiger partial charge in [-0.15, -0.1) is 0 Å². The molecule has 6 heteroatoms. The number of nitrogens with zero attached hydrogens (tertiary/aromatic N) is 3. The molecule has 6 nitrogen and oxygen atoms in total. The Morgan fingerprint density at radius 1 is 1.03 bits per heavy atom. The molecule has 0 unspecified atom stereocenters. The van der Waals surface area contributed by atoms with Gasteiger partial charge >= 0.3 is 0 Å². The molecule has 1 aromatic carbocycles. The van der Waals surface area contributed by atoms with Gasteiger partial charge in [0, 0.05) is 31.9 Å². The second-order valence-electron chi connectivity index (χ2n) is 7.77. The lowest BCUT2D eigenvalue weighted by molar-refractivity contribution is 0.224. The molecule has 0 aliphatic rings. The third-order valence-electron chi connectivity index (χ3n) is 4.74. The molecule has 29 heavy (non-hydrogen) atoms. The number of methoxy groups -OCH3 is 2. The first-order valence-electron chi connectivity index (χ1n) is 9.81. The molecule has 2 aromatic heterocycles. The second kappa shape index (κ2) is 9.09. The van der Waals surface area contributed by atoms with Crippen LogP contribution in [0.4, 0.5) is 0 Å². The van der Waals surface area contributed by atoms with Crippen molar-refractivity contribution < 1.29 is 9.47 Å². The molecule has 0 atom stereocenters. The molecule has 2 heterocycles. The van der Waals surface area contributed by atoms with Crippen molar-refractivity contribution in [1.29, 1.82) is 0 Å². The standard InChI is InChI=1S/C23H29N3O3/c1-16(2)13-25(14-18-6-7-20(28-4)21(11-18)29-5)15-19-12-23(27)26-9-8-17(3)10-22(26)24-19/h6-12,16H,13-15H2,1-5H3. The molecule has 0 radical (unpaired) electrons. The Morgan fingerprint density at radius 2 is 1.79 bits per heavy atom. The van der Waals surface area contributed by atoms with E-state index in [0.29, 0.717) is 29.6 Å². The van der Waals surface area contributed by atoms with E-state index in [4.69, 9.17) is 14.5 Å². The molecule has 0 amide bonds. The zero-order valence-corrected chi connectivity index (χ0v) is 17.8. The number of rotatable bonds is 8. The van der Waals surface area contributed by atoms with Gasteiger partial charge in [-0.25, -0.2) is 4.98 Å². The normalized spacial score (nSPS) is 11.4.